The first-order valence-corrected chi connectivity index (χ1v) is 4.16. The lowest BCUT2D eigenvalue weighted by molar-refractivity contribution is -0.137. The molecular formula is C8H18ClNO2. The van der Waals surface area contributed by atoms with Crippen LogP contribution in [0.15, 0.2) is 0 Å². The fourth-order valence-electron chi connectivity index (χ4n) is 1.17. The molecule has 12 heavy (non-hydrogen) atoms. The zero-order chi connectivity index (χ0) is 8.32. The number of hydrogen-bond donors (Lipinski definition) is 1. The zero-order valence-electron chi connectivity index (χ0n) is 7.92. The minimum absolute atomic E-state index is 0. The van der Waals surface area contributed by atoms with Crippen molar-refractivity contribution in [3.05, 3.63) is 0 Å². The average molecular weight is 196 g/mol. The standard InChI is InChI=1S/C8H17NO2.ClH/c1-4-9-5-7-6-10-8(2,3)11-7;/h7,9H,4-6H2,1-3H3;1H/t7-;/m0./s1. The largest absolute Gasteiger partial charge is 0.348 e. The highest BCUT2D eigenvalue weighted by Crippen LogP contribution is 2.21. The maximum Gasteiger partial charge on any atom is 0.163 e. The molecule has 1 fully saturated rings. The van der Waals surface area contributed by atoms with Crippen LogP contribution in [0.25, 0.3) is 0 Å². The molecule has 1 aliphatic heterocycles. The van der Waals surface area contributed by atoms with Crippen molar-refractivity contribution in [1.29, 1.82) is 0 Å². The van der Waals surface area contributed by atoms with Gasteiger partial charge in [-0.1, -0.05) is 6.92 Å². The third kappa shape index (κ3) is 3.72. The summed E-state index contributed by atoms with van der Waals surface area (Å²) in [6.07, 6.45) is 0.227. The highest BCUT2D eigenvalue weighted by atomic mass is 35.5. The van der Waals surface area contributed by atoms with E-state index in [4.69, 9.17) is 9.47 Å². The summed E-state index contributed by atoms with van der Waals surface area (Å²) in [4.78, 5) is 0. The molecule has 0 spiro atoms. The molecule has 0 saturated carbocycles. The number of hydrogen-bond acceptors (Lipinski definition) is 3. The smallest absolute Gasteiger partial charge is 0.163 e. The second-order valence-electron chi connectivity index (χ2n) is 3.26. The van der Waals surface area contributed by atoms with Crippen molar-refractivity contribution in [2.75, 3.05) is 19.7 Å². The molecule has 1 heterocycles. The van der Waals surface area contributed by atoms with Gasteiger partial charge in [-0.2, -0.15) is 0 Å². The molecular weight excluding hydrogens is 178 g/mol. The Bertz CT molecular complexity index is 130. The minimum Gasteiger partial charge on any atom is -0.348 e. The summed E-state index contributed by atoms with van der Waals surface area (Å²) < 4.78 is 11.0. The molecule has 3 nitrogen and oxygen atoms in total. The summed E-state index contributed by atoms with van der Waals surface area (Å²) in [5.74, 6) is -0.375. The molecule has 0 bridgehead atoms. The van der Waals surface area contributed by atoms with Gasteiger partial charge in [-0.05, 0) is 20.4 Å². The molecule has 1 atom stereocenters. The summed E-state index contributed by atoms with van der Waals surface area (Å²) in [5.41, 5.74) is 0. The monoisotopic (exact) mass is 195 g/mol. The predicted octanol–water partition coefficient (Wildman–Crippen LogP) is 1.17. The van der Waals surface area contributed by atoms with Gasteiger partial charge in [0.15, 0.2) is 5.79 Å². The Morgan fingerprint density at radius 2 is 2.17 bits per heavy atom. The van der Waals surface area contributed by atoms with Crippen LogP contribution in [0, 0.1) is 0 Å². The van der Waals surface area contributed by atoms with Crippen molar-refractivity contribution in [1.82, 2.24) is 5.32 Å². The molecule has 1 aliphatic rings. The number of ether oxygens (including phenoxy) is 2. The molecule has 1 rings (SSSR count). The highest BCUT2D eigenvalue weighted by molar-refractivity contribution is 5.85. The van der Waals surface area contributed by atoms with Crippen molar-refractivity contribution in [2.24, 2.45) is 0 Å². The van der Waals surface area contributed by atoms with E-state index in [1.165, 1.54) is 0 Å². The molecule has 0 aliphatic carbocycles. The van der Waals surface area contributed by atoms with E-state index in [-0.39, 0.29) is 24.3 Å². The third-order valence-electron chi connectivity index (χ3n) is 1.69. The van der Waals surface area contributed by atoms with Gasteiger partial charge in [0.05, 0.1) is 12.7 Å². The van der Waals surface area contributed by atoms with Crippen LogP contribution < -0.4 is 5.32 Å². The molecule has 0 aromatic heterocycles. The summed E-state index contributed by atoms with van der Waals surface area (Å²) in [6.45, 7) is 8.55. The Morgan fingerprint density at radius 1 is 1.50 bits per heavy atom. The fourth-order valence-corrected chi connectivity index (χ4v) is 1.17. The predicted molar refractivity (Wildman–Crippen MR) is 50.7 cm³/mol. The number of halogens is 1. The topological polar surface area (TPSA) is 30.5 Å². The van der Waals surface area contributed by atoms with E-state index in [2.05, 4.69) is 12.2 Å². The summed E-state index contributed by atoms with van der Waals surface area (Å²) in [7, 11) is 0. The number of likely N-dealkylation sites (N-methyl/N-ethyl adjacent to an activating group) is 1. The van der Waals surface area contributed by atoms with Gasteiger partial charge in [0.1, 0.15) is 0 Å². The average Bonchev–Trinajstić information content (AvgIpc) is 2.26. The first kappa shape index (κ1) is 12.2. The van der Waals surface area contributed by atoms with Gasteiger partial charge in [-0.25, -0.2) is 0 Å². The number of nitrogens with one attached hydrogen (secondary N) is 1. The summed E-state index contributed by atoms with van der Waals surface area (Å²) in [5, 5.41) is 3.22. The lowest BCUT2D eigenvalue weighted by Gasteiger charge is -2.16. The molecule has 1 N–H and O–H groups in total. The Labute approximate surface area is 80.2 Å². The third-order valence-corrected chi connectivity index (χ3v) is 1.69. The molecule has 0 radical (unpaired) electrons. The fraction of sp³-hybridized carbons (Fsp3) is 1.00. The van der Waals surface area contributed by atoms with Gasteiger partial charge < -0.3 is 14.8 Å². The van der Waals surface area contributed by atoms with Crippen LogP contribution in [0.2, 0.25) is 0 Å². The van der Waals surface area contributed by atoms with E-state index >= 15 is 0 Å². The molecule has 0 aromatic carbocycles. The molecule has 4 heteroatoms. The first-order valence-electron chi connectivity index (χ1n) is 4.16. The van der Waals surface area contributed by atoms with Crippen molar-refractivity contribution in [2.45, 2.75) is 32.7 Å². The molecule has 1 saturated heterocycles. The SMILES string of the molecule is CCNC[C@H]1COC(C)(C)O1.Cl. The lowest BCUT2D eigenvalue weighted by atomic mass is 10.3. The minimum atomic E-state index is -0.375. The lowest BCUT2D eigenvalue weighted by Crippen LogP contribution is -2.30. The number of rotatable bonds is 3. The van der Waals surface area contributed by atoms with Gasteiger partial charge in [0.2, 0.25) is 0 Å². The summed E-state index contributed by atoms with van der Waals surface area (Å²) in [6, 6.07) is 0. The molecule has 0 amide bonds. The zero-order valence-corrected chi connectivity index (χ0v) is 8.74. The van der Waals surface area contributed by atoms with Crippen LogP contribution in [0.1, 0.15) is 20.8 Å². The first-order chi connectivity index (χ1) is 5.14. The van der Waals surface area contributed by atoms with Crippen molar-refractivity contribution >= 4 is 12.4 Å². The maximum atomic E-state index is 5.57. The van der Waals surface area contributed by atoms with Gasteiger partial charge in [0, 0.05) is 6.54 Å². The van der Waals surface area contributed by atoms with E-state index in [1.54, 1.807) is 0 Å². The van der Waals surface area contributed by atoms with Gasteiger partial charge in [0.25, 0.3) is 0 Å². The van der Waals surface area contributed by atoms with Crippen LogP contribution >= 0.6 is 12.4 Å². The van der Waals surface area contributed by atoms with Gasteiger partial charge in [-0.15, -0.1) is 12.4 Å². The molecule has 0 aromatic rings. The maximum absolute atomic E-state index is 5.57. The second-order valence-corrected chi connectivity index (χ2v) is 3.26. The Kier molecular flexibility index (Phi) is 5.09. The van der Waals surface area contributed by atoms with E-state index in [1.807, 2.05) is 13.8 Å². The highest BCUT2D eigenvalue weighted by Gasteiger charge is 2.31. The molecule has 0 unspecified atom stereocenters. The van der Waals surface area contributed by atoms with Crippen LogP contribution in [0.5, 0.6) is 0 Å². The van der Waals surface area contributed by atoms with Crippen molar-refractivity contribution < 1.29 is 9.47 Å². The Morgan fingerprint density at radius 3 is 2.58 bits per heavy atom. The van der Waals surface area contributed by atoms with Crippen LogP contribution in [-0.2, 0) is 9.47 Å². The van der Waals surface area contributed by atoms with Gasteiger partial charge >= 0.3 is 0 Å². The van der Waals surface area contributed by atoms with Gasteiger partial charge in [-0.3, -0.25) is 0 Å². The normalized spacial score (nSPS) is 26.8. The van der Waals surface area contributed by atoms with Crippen LogP contribution in [0.4, 0.5) is 0 Å². The van der Waals surface area contributed by atoms with Crippen molar-refractivity contribution in [3.8, 4) is 0 Å². The van der Waals surface area contributed by atoms with E-state index in [9.17, 15) is 0 Å². The second kappa shape index (κ2) is 5.02. The Balaban J connectivity index is 0.00000121. The Hall–Kier alpha value is 0.170. The van der Waals surface area contributed by atoms with Crippen LogP contribution in [0.3, 0.4) is 0 Å². The molecule has 74 valence electrons. The van der Waals surface area contributed by atoms with E-state index in [0.717, 1.165) is 13.1 Å². The van der Waals surface area contributed by atoms with Crippen LogP contribution in [-0.4, -0.2) is 31.6 Å². The van der Waals surface area contributed by atoms with Crippen molar-refractivity contribution in [3.63, 3.8) is 0 Å². The van der Waals surface area contributed by atoms with E-state index in [0.29, 0.717) is 6.61 Å². The van der Waals surface area contributed by atoms with E-state index < -0.39 is 0 Å². The quantitative estimate of drug-likeness (QED) is 0.734. The summed E-state index contributed by atoms with van der Waals surface area (Å²) >= 11 is 0.